The van der Waals surface area contributed by atoms with Gasteiger partial charge in [0.1, 0.15) is 11.8 Å². The molecule has 25 heavy (non-hydrogen) atoms. The number of nitrogens with one attached hydrogen (secondary N) is 1. The zero-order valence-corrected chi connectivity index (χ0v) is 14.3. The summed E-state index contributed by atoms with van der Waals surface area (Å²) in [6, 6.07) is 14.4. The van der Waals surface area contributed by atoms with Crippen molar-refractivity contribution in [1.82, 2.24) is 15.5 Å². The largest absolute Gasteiger partial charge is 0.496 e. The van der Waals surface area contributed by atoms with Crippen LogP contribution in [0.4, 0.5) is 0 Å². The third kappa shape index (κ3) is 3.52. The number of methoxy groups -OCH3 is 1. The second-order valence-corrected chi connectivity index (χ2v) is 5.67. The summed E-state index contributed by atoms with van der Waals surface area (Å²) in [6.07, 6.45) is 0. The Morgan fingerprint density at radius 2 is 1.88 bits per heavy atom. The molecule has 1 aromatic heterocycles. The van der Waals surface area contributed by atoms with E-state index in [4.69, 9.17) is 9.26 Å². The number of aryl methyl sites for hydroxylation is 1. The zero-order valence-electron chi connectivity index (χ0n) is 14.3. The van der Waals surface area contributed by atoms with Gasteiger partial charge in [0, 0.05) is 5.56 Å². The molecule has 0 unspecified atom stereocenters. The van der Waals surface area contributed by atoms with Crippen molar-refractivity contribution in [1.29, 1.82) is 0 Å². The average molecular weight is 337 g/mol. The van der Waals surface area contributed by atoms with E-state index in [9.17, 15) is 4.79 Å². The van der Waals surface area contributed by atoms with Gasteiger partial charge in [-0.3, -0.25) is 4.79 Å². The van der Waals surface area contributed by atoms with E-state index in [1.807, 2.05) is 49.4 Å². The van der Waals surface area contributed by atoms with Gasteiger partial charge < -0.3 is 14.6 Å². The van der Waals surface area contributed by atoms with Crippen LogP contribution in [0.25, 0.3) is 11.4 Å². The molecule has 128 valence electrons. The molecule has 0 saturated carbocycles. The third-order valence-electron chi connectivity index (χ3n) is 3.90. The molecule has 1 amide bonds. The van der Waals surface area contributed by atoms with Gasteiger partial charge in [-0.25, -0.2) is 0 Å². The highest BCUT2D eigenvalue weighted by molar-refractivity contribution is 5.95. The molecule has 0 saturated heterocycles. The van der Waals surface area contributed by atoms with Gasteiger partial charge in [0.25, 0.3) is 5.91 Å². The quantitative estimate of drug-likeness (QED) is 0.770. The molecule has 0 aliphatic rings. The second-order valence-electron chi connectivity index (χ2n) is 5.67. The maximum Gasteiger partial charge on any atom is 0.252 e. The summed E-state index contributed by atoms with van der Waals surface area (Å²) in [4.78, 5) is 16.8. The predicted octanol–water partition coefficient (Wildman–Crippen LogP) is 3.54. The average Bonchev–Trinajstić information content (AvgIpc) is 3.12. The van der Waals surface area contributed by atoms with Crippen molar-refractivity contribution in [3.63, 3.8) is 0 Å². The molecule has 6 nitrogen and oxygen atoms in total. The summed E-state index contributed by atoms with van der Waals surface area (Å²) >= 11 is 0. The fourth-order valence-electron chi connectivity index (χ4n) is 2.51. The van der Waals surface area contributed by atoms with Crippen LogP contribution < -0.4 is 10.1 Å². The molecule has 2 aromatic carbocycles. The minimum absolute atomic E-state index is 0.178. The first kappa shape index (κ1) is 16.7. The van der Waals surface area contributed by atoms with E-state index in [1.54, 1.807) is 20.1 Å². The third-order valence-corrected chi connectivity index (χ3v) is 3.90. The van der Waals surface area contributed by atoms with E-state index in [0.29, 0.717) is 23.0 Å². The summed E-state index contributed by atoms with van der Waals surface area (Å²) in [7, 11) is 1.59. The van der Waals surface area contributed by atoms with Gasteiger partial charge in [-0.05, 0) is 37.6 Å². The number of aromatic nitrogens is 2. The van der Waals surface area contributed by atoms with Crippen LogP contribution in [0.15, 0.2) is 53.1 Å². The van der Waals surface area contributed by atoms with Crippen LogP contribution in [0.1, 0.15) is 34.8 Å². The molecule has 0 radical (unpaired) electrons. The lowest BCUT2D eigenvalue weighted by Gasteiger charge is -2.11. The Labute approximate surface area is 145 Å². The number of hydrogen-bond donors (Lipinski definition) is 1. The number of carbonyl (C=O) groups excluding carboxylic acids is 1. The van der Waals surface area contributed by atoms with E-state index in [2.05, 4.69) is 15.5 Å². The summed E-state index contributed by atoms with van der Waals surface area (Å²) in [5.74, 6) is 1.24. The highest BCUT2D eigenvalue weighted by Gasteiger charge is 2.20. The van der Waals surface area contributed by atoms with Crippen molar-refractivity contribution in [2.75, 3.05) is 7.11 Å². The number of rotatable bonds is 5. The fraction of sp³-hybridized carbons (Fsp3) is 0.211. The normalized spacial score (nSPS) is 11.8. The van der Waals surface area contributed by atoms with Crippen LogP contribution >= 0.6 is 0 Å². The molecule has 0 fully saturated rings. The summed E-state index contributed by atoms with van der Waals surface area (Å²) in [5.41, 5.74) is 2.27. The number of hydrogen-bond acceptors (Lipinski definition) is 5. The van der Waals surface area contributed by atoms with Crippen molar-refractivity contribution in [2.24, 2.45) is 0 Å². The standard InChI is InChI=1S/C19H19N3O3/c1-12-8-4-5-9-14(12)18(23)20-13(2)19-21-17(22-25-19)15-10-6-7-11-16(15)24-3/h4-11,13H,1-3H3,(H,20,23)/t13-/m0/s1. The van der Waals surface area contributed by atoms with Crippen LogP contribution in [0.5, 0.6) is 5.75 Å². The van der Waals surface area contributed by atoms with Gasteiger partial charge in [0.2, 0.25) is 11.7 Å². The minimum Gasteiger partial charge on any atom is -0.496 e. The Bertz CT molecular complexity index is 889. The van der Waals surface area contributed by atoms with Crippen LogP contribution in [0, 0.1) is 6.92 Å². The molecule has 3 rings (SSSR count). The van der Waals surface area contributed by atoms with Crippen LogP contribution in [-0.4, -0.2) is 23.2 Å². The predicted molar refractivity (Wildman–Crippen MR) is 93.3 cm³/mol. The first-order chi connectivity index (χ1) is 12.1. The number of nitrogens with zero attached hydrogens (tertiary/aromatic N) is 2. The van der Waals surface area contributed by atoms with E-state index in [-0.39, 0.29) is 5.91 Å². The van der Waals surface area contributed by atoms with E-state index >= 15 is 0 Å². The van der Waals surface area contributed by atoms with Crippen molar-refractivity contribution in [2.45, 2.75) is 19.9 Å². The maximum atomic E-state index is 12.4. The Morgan fingerprint density at radius 1 is 1.16 bits per heavy atom. The monoisotopic (exact) mass is 337 g/mol. The van der Waals surface area contributed by atoms with Crippen LogP contribution in [0.3, 0.4) is 0 Å². The van der Waals surface area contributed by atoms with Gasteiger partial charge >= 0.3 is 0 Å². The van der Waals surface area contributed by atoms with Gasteiger partial charge in [0.05, 0.1) is 12.7 Å². The molecule has 0 aliphatic heterocycles. The number of para-hydroxylation sites is 1. The van der Waals surface area contributed by atoms with Crippen molar-refractivity contribution >= 4 is 5.91 Å². The number of carbonyl (C=O) groups is 1. The Kier molecular flexibility index (Phi) is 4.79. The van der Waals surface area contributed by atoms with E-state index in [1.165, 1.54) is 0 Å². The van der Waals surface area contributed by atoms with Gasteiger partial charge in [-0.15, -0.1) is 0 Å². The molecular weight excluding hydrogens is 318 g/mol. The first-order valence-corrected chi connectivity index (χ1v) is 7.93. The Balaban J connectivity index is 1.78. The lowest BCUT2D eigenvalue weighted by molar-refractivity contribution is 0.0932. The highest BCUT2D eigenvalue weighted by Crippen LogP contribution is 2.28. The van der Waals surface area contributed by atoms with Crippen molar-refractivity contribution < 1.29 is 14.1 Å². The Hall–Kier alpha value is -3.15. The van der Waals surface area contributed by atoms with Crippen molar-refractivity contribution in [3.05, 3.63) is 65.5 Å². The molecular formula is C19H19N3O3. The molecule has 1 heterocycles. The molecule has 0 spiro atoms. The maximum absolute atomic E-state index is 12.4. The lowest BCUT2D eigenvalue weighted by Crippen LogP contribution is -2.27. The molecule has 6 heteroatoms. The SMILES string of the molecule is COc1ccccc1-c1noc([C@H](C)NC(=O)c2ccccc2C)n1. The van der Waals surface area contributed by atoms with Gasteiger partial charge in [-0.2, -0.15) is 4.98 Å². The zero-order chi connectivity index (χ0) is 17.8. The first-order valence-electron chi connectivity index (χ1n) is 7.93. The molecule has 0 bridgehead atoms. The number of ether oxygens (including phenoxy) is 1. The Morgan fingerprint density at radius 3 is 2.64 bits per heavy atom. The molecule has 1 N–H and O–H groups in total. The fourth-order valence-corrected chi connectivity index (χ4v) is 2.51. The van der Waals surface area contributed by atoms with E-state index in [0.717, 1.165) is 11.1 Å². The van der Waals surface area contributed by atoms with Gasteiger partial charge in [-0.1, -0.05) is 35.5 Å². The molecule has 1 atom stereocenters. The topological polar surface area (TPSA) is 77.3 Å². The second kappa shape index (κ2) is 7.17. The highest BCUT2D eigenvalue weighted by atomic mass is 16.5. The van der Waals surface area contributed by atoms with Crippen LogP contribution in [-0.2, 0) is 0 Å². The molecule has 0 aliphatic carbocycles. The summed E-state index contributed by atoms with van der Waals surface area (Å²) in [5, 5.41) is 6.88. The van der Waals surface area contributed by atoms with E-state index < -0.39 is 6.04 Å². The minimum atomic E-state index is -0.414. The smallest absolute Gasteiger partial charge is 0.252 e. The van der Waals surface area contributed by atoms with Gasteiger partial charge in [0.15, 0.2) is 0 Å². The lowest BCUT2D eigenvalue weighted by atomic mass is 10.1. The van der Waals surface area contributed by atoms with Crippen molar-refractivity contribution in [3.8, 4) is 17.1 Å². The number of benzene rings is 2. The van der Waals surface area contributed by atoms with Crippen LogP contribution in [0.2, 0.25) is 0 Å². The summed E-state index contributed by atoms with van der Waals surface area (Å²) < 4.78 is 10.6. The summed E-state index contributed by atoms with van der Waals surface area (Å²) in [6.45, 7) is 3.70. The number of amides is 1. The molecule has 3 aromatic rings.